The molecule has 0 aliphatic heterocycles. The van der Waals surface area contributed by atoms with Crippen LogP contribution in [-0.2, 0) is 4.74 Å². The van der Waals surface area contributed by atoms with E-state index in [4.69, 9.17) is 23.2 Å². The molecule has 0 aliphatic carbocycles. The van der Waals surface area contributed by atoms with Crippen molar-refractivity contribution in [2.24, 2.45) is 0 Å². The second-order valence-electron chi connectivity index (χ2n) is 2.71. The number of alkyl halides is 2. The Morgan fingerprint density at radius 1 is 1.56 bits per heavy atom. The van der Waals surface area contributed by atoms with Gasteiger partial charge in [0, 0.05) is 0 Å². The van der Waals surface area contributed by atoms with Gasteiger partial charge in [0.05, 0.1) is 16.7 Å². The Balaban J connectivity index is 3.21. The van der Waals surface area contributed by atoms with Crippen molar-refractivity contribution in [2.75, 3.05) is 6.61 Å². The third kappa shape index (κ3) is 2.80. The Morgan fingerprint density at radius 3 is 2.69 bits per heavy atom. The summed E-state index contributed by atoms with van der Waals surface area (Å²) in [5.74, 6) is -0.878. The van der Waals surface area contributed by atoms with Gasteiger partial charge in [-0.2, -0.15) is 0 Å². The van der Waals surface area contributed by atoms with Gasteiger partial charge < -0.3 is 4.74 Å². The lowest BCUT2D eigenvalue weighted by molar-refractivity contribution is 0.0518. The maximum Gasteiger partial charge on any atom is 0.358 e. The summed E-state index contributed by atoms with van der Waals surface area (Å²) in [5.41, 5.74) is -1.01. The van der Waals surface area contributed by atoms with Gasteiger partial charge >= 0.3 is 5.97 Å². The van der Waals surface area contributed by atoms with Gasteiger partial charge in [-0.15, -0.1) is 0 Å². The number of esters is 1. The van der Waals surface area contributed by atoms with E-state index >= 15 is 0 Å². The highest BCUT2D eigenvalue weighted by molar-refractivity contribution is 6.43. The van der Waals surface area contributed by atoms with Crippen molar-refractivity contribution >= 4 is 29.2 Å². The van der Waals surface area contributed by atoms with Gasteiger partial charge in [0.2, 0.25) is 0 Å². The number of aromatic nitrogens is 1. The van der Waals surface area contributed by atoms with Crippen LogP contribution >= 0.6 is 23.2 Å². The van der Waals surface area contributed by atoms with Crippen LogP contribution in [0.4, 0.5) is 8.78 Å². The molecule has 1 aromatic heterocycles. The van der Waals surface area contributed by atoms with E-state index in [-0.39, 0.29) is 16.7 Å². The molecule has 0 fully saturated rings. The van der Waals surface area contributed by atoms with Gasteiger partial charge in [0.1, 0.15) is 5.69 Å². The molecule has 0 amide bonds. The number of rotatable bonds is 3. The molecule has 0 unspecified atom stereocenters. The Labute approximate surface area is 100 Å². The first-order valence-corrected chi connectivity index (χ1v) is 5.04. The SMILES string of the molecule is CCOC(=O)c1nc(C(F)F)cc(Cl)c1Cl. The highest BCUT2D eigenvalue weighted by Crippen LogP contribution is 2.29. The lowest BCUT2D eigenvalue weighted by atomic mass is 10.3. The van der Waals surface area contributed by atoms with Crippen LogP contribution in [0.15, 0.2) is 6.07 Å². The maximum atomic E-state index is 12.4. The number of nitrogens with zero attached hydrogens (tertiary/aromatic N) is 1. The lowest BCUT2D eigenvalue weighted by Gasteiger charge is -2.07. The average Bonchev–Trinajstić information content (AvgIpc) is 2.21. The van der Waals surface area contributed by atoms with E-state index in [0.29, 0.717) is 0 Å². The molecule has 0 bridgehead atoms. The number of hydrogen-bond donors (Lipinski definition) is 0. The average molecular weight is 270 g/mol. The normalized spacial score (nSPS) is 10.6. The third-order valence-electron chi connectivity index (χ3n) is 1.63. The van der Waals surface area contributed by atoms with Crippen LogP contribution in [0.3, 0.4) is 0 Å². The number of halogens is 4. The summed E-state index contributed by atoms with van der Waals surface area (Å²) < 4.78 is 29.4. The number of carbonyl (C=O) groups excluding carboxylic acids is 1. The fourth-order valence-electron chi connectivity index (χ4n) is 0.963. The van der Waals surface area contributed by atoms with E-state index in [1.54, 1.807) is 6.92 Å². The minimum atomic E-state index is -2.83. The van der Waals surface area contributed by atoms with E-state index in [1.807, 2.05) is 0 Å². The number of ether oxygens (including phenoxy) is 1. The molecular weight excluding hydrogens is 263 g/mol. The van der Waals surface area contributed by atoms with E-state index in [1.165, 1.54) is 0 Å². The number of hydrogen-bond acceptors (Lipinski definition) is 3. The first-order chi connectivity index (χ1) is 7.47. The zero-order valence-corrected chi connectivity index (χ0v) is 9.65. The van der Waals surface area contributed by atoms with E-state index in [2.05, 4.69) is 9.72 Å². The van der Waals surface area contributed by atoms with Crippen LogP contribution in [0.2, 0.25) is 10.0 Å². The molecule has 0 N–H and O–H groups in total. The van der Waals surface area contributed by atoms with Gasteiger partial charge in [-0.3, -0.25) is 0 Å². The molecule has 3 nitrogen and oxygen atoms in total. The molecule has 0 spiro atoms. The van der Waals surface area contributed by atoms with Crippen LogP contribution in [0, 0.1) is 0 Å². The molecule has 88 valence electrons. The topological polar surface area (TPSA) is 39.2 Å². The van der Waals surface area contributed by atoms with Crippen molar-refractivity contribution < 1.29 is 18.3 Å². The Bertz CT molecular complexity index is 413. The van der Waals surface area contributed by atoms with Gasteiger partial charge in [-0.1, -0.05) is 23.2 Å². The predicted octanol–water partition coefficient (Wildman–Crippen LogP) is 3.50. The molecule has 0 aliphatic rings. The second kappa shape index (κ2) is 5.41. The standard InChI is InChI=1S/C9H7Cl2F2NO2/c1-2-16-9(15)7-6(11)4(10)3-5(14-7)8(12)13/h3,8H,2H2,1H3. The molecule has 1 rings (SSSR count). The summed E-state index contributed by atoms with van der Waals surface area (Å²) in [5, 5.41) is -0.348. The van der Waals surface area contributed by atoms with E-state index in [9.17, 15) is 13.6 Å². The summed E-state index contributed by atoms with van der Waals surface area (Å²) in [4.78, 5) is 14.7. The van der Waals surface area contributed by atoms with Gasteiger partial charge in [0.25, 0.3) is 6.43 Å². The molecule has 0 radical (unpaired) electrons. The van der Waals surface area contributed by atoms with Crippen LogP contribution in [0.25, 0.3) is 0 Å². The molecule has 1 aromatic rings. The highest BCUT2D eigenvalue weighted by atomic mass is 35.5. The fourth-order valence-corrected chi connectivity index (χ4v) is 1.34. The van der Waals surface area contributed by atoms with E-state index in [0.717, 1.165) is 6.07 Å². The van der Waals surface area contributed by atoms with Crippen LogP contribution in [0.1, 0.15) is 29.5 Å². The minimum absolute atomic E-state index is 0.0906. The van der Waals surface area contributed by atoms with Gasteiger partial charge in [0.15, 0.2) is 5.69 Å². The van der Waals surface area contributed by atoms with Crippen molar-refractivity contribution in [3.05, 3.63) is 27.5 Å². The number of pyridine rings is 1. The smallest absolute Gasteiger partial charge is 0.358 e. The van der Waals surface area contributed by atoms with E-state index < -0.39 is 23.8 Å². The molecule has 0 saturated heterocycles. The molecule has 1 heterocycles. The molecule has 7 heteroatoms. The quantitative estimate of drug-likeness (QED) is 0.789. The van der Waals surface area contributed by atoms with Gasteiger partial charge in [-0.05, 0) is 13.0 Å². The Hall–Kier alpha value is -0.940. The molecular formula is C9H7Cl2F2NO2. The zero-order chi connectivity index (χ0) is 12.3. The van der Waals surface area contributed by atoms with Crippen molar-refractivity contribution in [2.45, 2.75) is 13.3 Å². The molecule has 0 atom stereocenters. The highest BCUT2D eigenvalue weighted by Gasteiger charge is 2.20. The molecule has 0 saturated carbocycles. The van der Waals surface area contributed by atoms with Crippen molar-refractivity contribution in [3.8, 4) is 0 Å². The van der Waals surface area contributed by atoms with Crippen molar-refractivity contribution in [1.82, 2.24) is 4.98 Å². The Kier molecular flexibility index (Phi) is 4.44. The predicted molar refractivity (Wildman–Crippen MR) is 55.2 cm³/mol. The summed E-state index contributed by atoms with van der Waals surface area (Å²) in [6.45, 7) is 1.66. The van der Waals surface area contributed by atoms with Gasteiger partial charge in [-0.25, -0.2) is 18.6 Å². The first-order valence-electron chi connectivity index (χ1n) is 4.28. The number of carbonyl (C=O) groups is 1. The van der Waals surface area contributed by atoms with Crippen LogP contribution < -0.4 is 0 Å². The summed E-state index contributed by atoms with van der Waals surface area (Å²) in [6, 6.07) is 0.914. The second-order valence-corrected chi connectivity index (χ2v) is 3.50. The summed E-state index contributed by atoms with van der Waals surface area (Å²) in [7, 11) is 0. The minimum Gasteiger partial charge on any atom is -0.461 e. The molecule has 16 heavy (non-hydrogen) atoms. The maximum absolute atomic E-state index is 12.4. The summed E-state index contributed by atoms with van der Waals surface area (Å²) in [6.07, 6.45) is -2.83. The fraction of sp³-hybridized carbons (Fsp3) is 0.333. The largest absolute Gasteiger partial charge is 0.461 e. The van der Waals surface area contributed by atoms with Crippen molar-refractivity contribution in [3.63, 3.8) is 0 Å². The molecule has 0 aromatic carbocycles. The third-order valence-corrected chi connectivity index (χ3v) is 2.40. The lowest BCUT2D eigenvalue weighted by Crippen LogP contribution is -2.10. The zero-order valence-electron chi connectivity index (χ0n) is 8.14. The Morgan fingerprint density at radius 2 is 2.19 bits per heavy atom. The van der Waals surface area contributed by atoms with Crippen molar-refractivity contribution in [1.29, 1.82) is 0 Å². The first kappa shape index (κ1) is 13.1. The van der Waals surface area contributed by atoms with Crippen LogP contribution in [-0.4, -0.2) is 17.6 Å². The monoisotopic (exact) mass is 269 g/mol. The summed E-state index contributed by atoms with van der Waals surface area (Å²) >= 11 is 11.3. The van der Waals surface area contributed by atoms with Crippen LogP contribution in [0.5, 0.6) is 0 Å².